The number of hydrogen-bond donors (Lipinski definition) is 1. The molecule has 0 bridgehead atoms. The highest BCUT2D eigenvalue weighted by molar-refractivity contribution is 7.99. The Bertz CT molecular complexity index is 583. The summed E-state index contributed by atoms with van der Waals surface area (Å²) in [4.78, 5) is 23.0. The summed E-state index contributed by atoms with van der Waals surface area (Å²) in [6.07, 6.45) is 5.20. The summed E-state index contributed by atoms with van der Waals surface area (Å²) in [5.74, 6) is 0. The highest BCUT2D eigenvalue weighted by Crippen LogP contribution is 2.20. The Hall–Kier alpha value is -1.62. The Morgan fingerprint density at radius 1 is 1.47 bits per heavy atom. The number of pyridine rings is 1. The van der Waals surface area contributed by atoms with Gasteiger partial charge in [0.1, 0.15) is 0 Å². The van der Waals surface area contributed by atoms with Crippen molar-refractivity contribution in [1.82, 2.24) is 15.0 Å². The summed E-state index contributed by atoms with van der Waals surface area (Å²) in [6, 6.07) is 5.42. The van der Waals surface area contributed by atoms with Crippen molar-refractivity contribution in [2.45, 2.75) is 37.1 Å². The maximum atomic E-state index is 11.6. The second-order valence-electron chi connectivity index (χ2n) is 4.42. The molecule has 1 unspecified atom stereocenters. The Morgan fingerprint density at radius 3 is 3.00 bits per heavy atom. The van der Waals surface area contributed by atoms with Crippen LogP contribution in [0, 0.1) is 0 Å². The topological polar surface area (TPSA) is 58.6 Å². The minimum atomic E-state index is -0.0975. The molecule has 2 aromatic heterocycles. The van der Waals surface area contributed by atoms with Gasteiger partial charge in [0, 0.05) is 30.1 Å². The van der Waals surface area contributed by atoms with Crippen LogP contribution in [-0.4, -0.2) is 20.2 Å². The number of nitrogens with zero attached hydrogens (tertiary/aromatic N) is 2. The molecule has 5 heteroatoms. The number of H-pyrrole nitrogens is 1. The van der Waals surface area contributed by atoms with Gasteiger partial charge in [-0.25, -0.2) is 4.98 Å². The molecule has 1 atom stereocenters. The van der Waals surface area contributed by atoms with Crippen LogP contribution in [0.15, 0.2) is 40.5 Å². The molecule has 0 aromatic carbocycles. The fraction of sp³-hybridized carbons (Fsp3) is 0.357. The Morgan fingerprint density at radius 2 is 2.32 bits per heavy atom. The van der Waals surface area contributed by atoms with E-state index in [-0.39, 0.29) is 5.56 Å². The largest absolute Gasteiger partial charge is 0.301 e. The molecule has 0 amide bonds. The lowest BCUT2D eigenvalue weighted by molar-refractivity contribution is 0.853. The van der Waals surface area contributed by atoms with E-state index in [9.17, 15) is 4.79 Å². The van der Waals surface area contributed by atoms with Gasteiger partial charge >= 0.3 is 0 Å². The monoisotopic (exact) mass is 275 g/mol. The molecule has 0 radical (unpaired) electrons. The molecular weight excluding hydrogens is 258 g/mol. The van der Waals surface area contributed by atoms with Gasteiger partial charge in [0.05, 0.1) is 5.69 Å². The van der Waals surface area contributed by atoms with Crippen molar-refractivity contribution in [1.29, 1.82) is 0 Å². The number of hydrogen-bond acceptors (Lipinski definition) is 4. The van der Waals surface area contributed by atoms with Gasteiger partial charge in [-0.1, -0.05) is 31.7 Å². The highest BCUT2D eigenvalue weighted by Gasteiger charge is 2.07. The van der Waals surface area contributed by atoms with Gasteiger partial charge < -0.3 is 4.98 Å². The van der Waals surface area contributed by atoms with Crippen molar-refractivity contribution in [3.05, 3.63) is 52.2 Å². The average Bonchev–Trinajstić information content (AvgIpc) is 2.39. The lowest BCUT2D eigenvalue weighted by Crippen LogP contribution is -2.11. The maximum Gasteiger partial charge on any atom is 0.251 e. The zero-order chi connectivity index (χ0) is 13.7. The first-order valence-electron chi connectivity index (χ1n) is 6.33. The molecule has 0 fully saturated rings. The van der Waals surface area contributed by atoms with E-state index in [0.29, 0.717) is 16.8 Å². The van der Waals surface area contributed by atoms with Gasteiger partial charge in [-0.05, 0) is 18.1 Å². The van der Waals surface area contributed by atoms with Crippen LogP contribution < -0.4 is 5.56 Å². The third kappa shape index (κ3) is 4.21. The molecule has 2 rings (SSSR count). The molecule has 19 heavy (non-hydrogen) atoms. The molecule has 0 spiro atoms. The smallest absolute Gasteiger partial charge is 0.251 e. The standard InChI is InChI=1S/C14H17N3OS/c1-3-10(2)19-14-16-12(8-13(18)17-14)7-11-5-4-6-15-9-11/h4-6,8-10H,3,7H2,1-2H3,(H,16,17,18). The maximum absolute atomic E-state index is 11.6. The molecule has 0 aliphatic rings. The van der Waals surface area contributed by atoms with Gasteiger partial charge in [-0.15, -0.1) is 0 Å². The molecule has 1 N–H and O–H groups in total. The Labute approximate surface area is 116 Å². The lowest BCUT2D eigenvalue weighted by Gasteiger charge is -2.08. The van der Waals surface area contributed by atoms with E-state index in [4.69, 9.17) is 0 Å². The van der Waals surface area contributed by atoms with Crippen molar-refractivity contribution in [3.8, 4) is 0 Å². The third-order valence-corrected chi connectivity index (χ3v) is 3.92. The fourth-order valence-electron chi connectivity index (χ4n) is 1.62. The first kappa shape index (κ1) is 13.8. The van der Waals surface area contributed by atoms with Crippen molar-refractivity contribution in [2.24, 2.45) is 0 Å². The summed E-state index contributed by atoms with van der Waals surface area (Å²) in [6.45, 7) is 4.24. The van der Waals surface area contributed by atoms with Crippen LogP contribution in [0.2, 0.25) is 0 Å². The van der Waals surface area contributed by atoms with Gasteiger partial charge in [-0.3, -0.25) is 9.78 Å². The molecule has 0 aliphatic heterocycles. The first-order chi connectivity index (χ1) is 9.17. The summed E-state index contributed by atoms with van der Waals surface area (Å²) in [5, 5.41) is 1.14. The van der Waals surface area contributed by atoms with Crippen molar-refractivity contribution in [3.63, 3.8) is 0 Å². The van der Waals surface area contributed by atoms with Gasteiger partial charge in [0.25, 0.3) is 5.56 Å². The first-order valence-corrected chi connectivity index (χ1v) is 7.21. The van der Waals surface area contributed by atoms with E-state index in [1.54, 1.807) is 30.2 Å². The van der Waals surface area contributed by atoms with E-state index in [1.165, 1.54) is 0 Å². The Balaban J connectivity index is 2.19. The van der Waals surface area contributed by atoms with Crippen LogP contribution in [-0.2, 0) is 6.42 Å². The normalized spacial score (nSPS) is 12.3. The molecule has 0 saturated carbocycles. The Kier molecular flexibility index (Phi) is 4.74. The second-order valence-corrected chi connectivity index (χ2v) is 5.84. The van der Waals surface area contributed by atoms with Gasteiger partial charge in [0.2, 0.25) is 0 Å². The van der Waals surface area contributed by atoms with Crippen LogP contribution in [0.5, 0.6) is 0 Å². The average molecular weight is 275 g/mol. The molecule has 2 aromatic rings. The highest BCUT2D eigenvalue weighted by atomic mass is 32.2. The van der Waals surface area contributed by atoms with E-state index >= 15 is 0 Å². The van der Waals surface area contributed by atoms with Crippen LogP contribution in [0.4, 0.5) is 0 Å². The molecule has 0 saturated heterocycles. The van der Waals surface area contributed by atoms with E-state index in [1.807, 2.05) is 12.1 Å². The number of aromatic nitrogens is 3. The van der Waals surface area contributed by atoms with Crippen molar-refractivity contribution < 1.29 is 0 Å². The van der Waals surface area contributed by atoms with E-state index < -0.39 is 0 Å². The summed E-state index contributed by atoms with van der Waals surface area (Å²) in [5.41, 5.74) is 1.74. The van der Waals surface area contributed by atoms with Gasteiger partial charge in [-0.2, -0.15) is 0 Å². The minimum absolute atomic E-state index is 0.0975. The fourth-order valence-corrected chi connectivity index (χ4v) is 2.49. The number of aromatic amines is 1. The predicted molar refractivity (Wildman–Crippen MR) is 77.5 cm³/mol. The lowest BCUT2D eigenvalue weighted by atomic mass is 10.1. The second kappa shape index (κ2) is 6.52. The molecule has 4 nitrogen and oxygen atoms in total. The number of rotatable bonds is 5. The third-order valence-electron chi connectivity index (χ3n) is 2.77. The SMILES string of the molecule is CCC(C)Sc1nc(Cc2cccnc2)cc(=O)[nH]1. The van der Waals surface area contributed by atoms with E-state index in [2.05, 4.69) is 28.8 Å². The van der Waals surface area contributed by atoms with Crippen molar-refractivity contribution in [2.75, 3.05) is 0 Å². The summed E-state index contributed by atoms with van der Waals surface area (Å²) in [7, 11) is 0. The van der Waals surface area contributed by atoms with Gasteiger partial charge in [0.15, 0.2) is 5.16 Å². The van der Waals surface area contributed by atoms with Crippen molar-refractivity contribution >= 4 is 11.8 Å². The molecule has 0 aliphatic carbocycles. The quantitative estimate of drug-likeness (QED) is 0.673. The zero-order valence-corrected chi connectivity index (χ0v) is 11.9. The summed E-state index contributed by atoms with van der Waals surface area (Å²) >= 11 is 1.60. The molecule has 100 valence electrons. The zero-order valence-electron chi connectivity index (χ0n) is 11.1. The van der Waals surface area contributed by atoms with Crippen LogP contribution >= 0.6 is 11.8 Å². The number of nitrogens with one attached hydrogen (secondary N) is 1. The number of thioether (sulfide) groups is 1. The minimum Gasteiger partial charge on any atom is -0.301 e. The molecule has 2 heterocycles. The predicted octanol–water partition coefficient (Wildman–Crippen LogP) is 2.65. The van der Waals surface area contributed by atoms with Crippen LogP contribution in [0.3, 0.4) is 0 Å². The van der Waals surface area contributed by atoms with E-state index in [0.717, 1.165) is 17.7 Å². The summed E-state index contributed by atoms with van der Waals surface area (Å²) < 4.78 is 0. The van der Waals surface area contributed by atoms with Crippen LogP contribution in [0.25, 0.3) is 0 Å². The van der Waals surface area contributed by atoms with Crippen LogP contribution in [0.1, 0.15) is 31.5 Å². The molecular formula is C14H17N3OS.